The first-order chi connectivity index (χ1) is 14.0. The third kappa shape index (κ3) is 3.17. The number of nitrogens with zero attached hydrogens (tertiary/aromatic N) is 3. The zero-order valence-electron chi connectivity index (χ0n) is 15.7. The Morgan fingerprint density at radius 1 is 0.931 bits per heavy atom. The summed E-state index contributed by atoms with van der Waals surface area (Å²) >= 11 is 0. The van der Waals surface area contributed by atoms with Crippen LogP contribution >= 0.6 is 0 Å². The Morgan fingerprint density at radius 3 is 2.21 bits per heavy atom. The van der Waals surface area contributed by atoms with Gasteiger partial charge in [-0.25, -0.2) is 8.42 Å². The normalized spacial score (nSPS) is 19.3. The van der Waals surface area contributed by atoms with Crippen molar-refractivity contribution in [1.29, 1.82) is 0 Å². The molecule has 0 aliphatic carbocycles. The van der Waals surface area contributed by atoms with E-state index in [1.165, 1.54) is 0 Å². The maximum Gasteiger partial charge on any atom is 0.258 e. The van der Waals surface area contributed by atoms with Crippen LogP contribution in [0.4, 0.5) is 0 Å². The van der Waals surface area contributed by atoms with Crippen molar-refractivity contribution in [3.63, 3.8) is 0 Å². The summed E-state index contributed by atoms with van der Waals surface area (Å²) in [4.78, 5) is 17.0. The molecule has 0 atom stereocenters. The van der Waals surface area contributed by atoms with Crippen molar-refractivity contribution in [2.24, 2.45) is 4.40 Å². The van der Waals surface area contributed by atoms with Crippen molar-refractivity contribution in [2.45, 2.75) is 13.1 Å². The summed E-state index contributed by atoms with van der Waals surface area (Å²) in [5.41, 5.74) is 4.68. The number of carbonyl (C=O) groups excluding carboxylic acids is 1. The number of amides is 1. The second-order valence-corrected chi connectivity index (χ2v) is 9.05. The van der Waals surface area contributed by atoms with Crippen LogP contribution in [0.1, 0.15) is 11.1 Å². The molecule has 2 aromatic rings. The number of hydrogen-bond acceptors (Lipinski definition) is 4. The second-order valence-electron chi connectivity index (χ2n) is 7.29. The molecule has 7 heteroatoms. The van der Waals surface area contributed by atoms with E-state index in [0.717, 1.165) is 22.3 Å². The maximum atomic E-state index is 13.5. The van der Waals surface area contributed by atoms with Gasteiger partial charge < -0.3 is 9.80 Å². The number of rotatable bonds is 1. The molecule has 0 spiro atoms. The van der Waals surface area contributed by atoms with Crippen LogP contribution in [0.5, 0.6) is 0 Å². The monoisotopic (exact) mass is 405 g/mol. The van der Waals surface area contributed by atoms with E-state index < -0.39 is 10.0 Å². The molecule has 5 rings (SSSR count). The van der Waals surface area contributed by atoms with Crippen LogP contribution in [-0.2, 0) is 27.9 Å². The Labute approximate surface area is 169 Å². The molecule has 0 aromatic heterocycles. The fourth-order valence-electron chi connectivity index (χ4n) is 4.01. The standard InChI is InChI=1S/C22H19N3O3S/c26-22(20-10-5-11-24-12-13-29(27,28)23-21(20)24)25-14-16-6-1-3-8-18(16)19-9-4-2-7-17(19)15-25/h1-11H,12-15H2. The van der Waals surface area contributed by atoms with Crippen LogP contribution in [0, 0.1) is 0 Å². The molecular weight excluding hydrogens is 386 g/mol. The van der Waals surface area contributed by atoms with Gasteiger partial charge in [0.2, 0.25) is 0 Å². The lowest BCUT2D eigenvalue weighted by Gasteiger charge is -2.31. The lowest BCUT2D eigenvalue weighted by molar-refractivity contribution is -0.127. The second kappa shape index (κ2) is 6.70. The molecule has 2 aromatic carbocycles. The lowest BCUT2D eigenvalue weighted by atomic mass is 9.97. The highest BCUT2D eigenvalue weighted by molar-refractivity contribution is 7.90. The van der Waals surface area contributed by atoms with Crippen LogP contribution in [0.25, 0.3) is 11.1 Å². The van der Waals surface area contributed by atoms with Crippen LogP contribution in [0.3, 0.4) is 0 Å². The van der Waals surface area contributed by atoms with Crippen molar-refractivity contribution < 1.29 is 13.2 Å². The predicted octanol–water partition coefficient (Wildman–Crippen LogP) is 2.69. The van der Waals surface area contributed by atoms with E-state index in [9.17, 15) is 13.2 Å². The van der Waals surface area contributed by atoms with Gasteiger partial charge in [0.05, 0.1) is 11.3 Å². The summed E-state index contributed by atoms with van der Waals surface area (Å²) in [6.45, 7) is 1.20. The highest BCUT2D eigenvalue weighted by atomic mass is 32.2. The number of amidine groups is 1. The highest BCUT2D eigenvalue weighted by Crippen LogP contribution is 2.33. The number of hydrogen-bond donors (Lipinski definition) is 0. The summed E-state index contributed by atoms with van der Waals surface area (Å²) in [5, 5.41) is 0. The van der Waals surface area contributed by atoms with E-state index in [4.69, 9.17) is 0 Å². The molecule has 0 radical (unpaired) electrons. The molecule has 3 aliphatic rings. The number of carbonyl (C=O) groups is 1. The fraction of sp³-hybridized carbons (Fsp3) is 0.182. The third-order valence-corrected chi connectivity index (χ3v) is 6.57. The molecule has 0 fully saturated rings. The minimum Gasteiger partial charge on any atom is -0.331 e. The first-order valence-electron chi connectivity index (χ1n) is 9.45. The first kappa shape index (κ1) is 17.9. The average molecular weight is 405 g/mol. The van der Waals surface area contributed by atoms with E-state index in [2.05, 4.69) is 16.5 Å². The number of allylic oxidation sites excluding steroid dienone is 2. The quantitative estimate of drug-likeness (QED) is 0.732. The number of sulfonamides is 1. The van der Waals surface area contributed by atoms with Crippen molar-refractivity contribution in [3.8, 4) is 11.1 Å². The van der Waals surface area contributed by atoms with Gasteiger partial charge in [-0.15, -0.1) is 4.40 Å². The van der Waals surface area contributed by atoms with Gasteiger partial charge >= 0.3 is 0 Å². The van der Waals surface area contributed by atoms with E-state index in [1.807, 2.05) is 36.4 Å². The van der Waals surface area contributed by atoms with Gasteiger partial charge in [0, 0.05) is 25.8 Å². The Bertz CT molecular complexity index is 1160. The molecule has 1 amide bonds. The van der Waals surface area contributed by atoms with E-state index in [0.29, 0.717) is 25.2 Å². The minimum atomic E-state index is -3.55. The largest absolute Gasteiger partial charge is 0.331 e. The lowest BCUT2D eigenvalue weighted by Crippen LogP contribution is -2.43. The zero-order valence-corrected chi connectivity index (χ0v) is 16.5. The van der Waals surface area contributed by atoms with Crippen molar-refractivity contribution in [2.75, 3.05) is 12.3 Å². The zero-order chi connectivity index (χ0) is 20.0. The highest BCUT2D eigenvalue weighted by Gasteiger charge is 2.33. The molecule has 6 nitrogen and oxygen atoms in total. The van der Waals surface area contributed by atoms with Gasteiger partial charge in [-0.05, 0) is 34.4 Å². The number of fused-ring (bicyclic) bond motifs is 4. The fourth-order valence-corrected chi connectivity index (χ4v) is 4.99. The molecule has 3 aliphatic heterocycles. The molecule has 0 saturated heterocycles. The smallest absolute Gasteiger partial charge is 0.258 e. The maximum absolute atomic E-state index is 13.5. The van der Waals surface area contributed by atoms with Crippen LogP contribution in [-0.4, -0.2) is 42.3 Å². The van der Waals surface area contributed by atoms with Gasteiger partial charge in [-0.3, -0.25) is 4.79 Å². The molecule has 29 heavy (non-hydrogen) atoms. The van der Waals surface area contributed by atoms with Gasteiger partial charge in [-0.1, -0.05) is 48.5 Å². The Balaban J connectivity index is 1.57. The number of benzene rings is 2. The van der Waals surface area contributed by atoms with E-state index >= 15 is 0 Å². The summed E-state index contributed by atoms with van der Waals surface area (Å²) < 4.78 is 28.0. The van der Waals surface area contributed by atoms with Gasteiger partial charge in [-0.2, -0.15) is 0 Å². The van der Waals surface area contributed by atoms with Crippen molar-refractivity contribution in [1.82, 2.24) is 9.80 Å². The van der Waals surface area contributed by atoms with Gasteiger partial charge in [0.1, 0.15) is 0 Å². The average Bonchev–Trinajstić information content (AvgIpc) is 2.89. The molecule has 0 bridgehead atoms. The van der Waals surface area contributed by atoms with Crippen LogP contribution in [0.15, 0.2) is 76.9 Å². The third-order valence-electron chi connectivity index (χ3n) is 5.42. The minimum absolute atomic E-state index is 0.0488. The molecule has 0 N–H and O–H groups in total. The summed E-state index contributed by atoms with van der Waals surface area (Å²) in [6.07, 6.45) is 5.18. The summed E-state index contributed by atoms with van der Waals surface area (Å²) in [5.74, 6) is -0.0523. The van der Waals surface area contributed by atoms with E-state index in [-0.39, 0.29) is 17.5 Å². The Hall–Kier alpha value is -3.19. The van der Waals surface area contributed by atoms with Gasteiger partial charge in [0.25, 0.3) is 15.9 Å². The molecule has 0 unspecified atom stereocenters. The van der Waals surface area contributed by atoms with Crippen LogP contribution < -0.4 is 0 Å². The Kier molecular flexibility index (Phi) is 4.13. The predicted molar refractivity (Wildman–Crippen MR) is 111 cm³/mol. The SMILES string of the molecule is O=C(C1=CC=CN2CCS(=O)(=O)N=C12)N1Cc2ccccc2-c2ccccc2C1. The molecule has 146 valence electrons. The molecular formula is C22H19N3O3S. The van der Waals surface area contributed by atoms with Crippen LogP contribution in [0.2, 0.25) is 0 Å². The molecule has 0 saturated carbocycles. The molecule has 3 heterocycles. The topological polar surface area (TPSA) is 70.0 Å². The first-order valence-corrected chi connectivity index (χ1v) is 11.1. The summed E-state index contributed by atoms with van der Waals surface area (Å²) in [6, 6.07) is 16.1. The van der Waals surface area contributed by atoms with Crippen molar-refractivity contribution >= 4 is 21.8 Å². The van der Waals surface area contributed by atoms with Gasteiger partial charge in [0.15, 0.2) is 5.84 Å². The van der Waals surface area contributed by atoms with E-state index in [1.54, 1.807) is 28.2 Å². The summed E-state index contributed by atoms with van der Waals surface area (Å²) in [7, 11) is -3.55. The Morgan fingerprint density at radius 2 is 1.55 bits per heavy atom. The van der Waals surface area contributed by atoms with Crippen molar-refractivity contribution in [3.05, 3.63) is 83.6 Å².